The van der Waals surface area contributed by atoms with Gasteiger partial charge in [-0.25, -0.2) is 0 Å². The zero-order chi connectivity index (χ0) is 32.2. The summed E-state index contributed by atoms with van der Waals surface area (Å²) in [7, 11) is 0. The van der Waals surface area contributed by atoms with Crippen molar-refractivity contribution >= 4 is 32.3 Å². The summed E-state index contributed by atoms with van der Waals surface area (Å²) in [6.07, 6.45) is 0. The minimum atomic E-state index is -0.388. The molecule has 0 spiro atoms. The van der Waals surface area contributed by atoms with Gasteiger partial charge < -0.3 is 0 Å². The molecule has 0 aliphatic rings. The van der Waals surface area contributed by atoms with Crippen molar-refractivity contribution in [1.82, 2.24) is 0 Å². The molecule has 0 atom stereocenters. The van der Waals surface area contributed by atoms with Gasteiger partial charge in [-0.3, -0.25) is 0 Å². The van der Waals surface area contributed by atoms with Crippen LogP contribution in [0.2, 0.25) is 0 Å². The van der Waals surface area contributed by atoms with Crippen LogP contribution in [0.25, 0.3) is 76.8 Å². The van der Waals surface area contributed by atoms with Crippen molar-refractivity contribution in [3.05, 3.63) is 170 Å². The van der Waals surface area contributed by atoms with Crippen LogP contribution in [0.4, 0.5) is 0 Å². The van der Waals surface area contributed by atoms with Crippen molar-refractivity contribution in [1.29, 1.82) is 0 Å². The third-order valence-electron chi connectivity index (χ3n) is 8.13. The van der Waals surface area contributed by atoms with Gasteiger partial charge in [0.15, 0.2) is 0 Å². The first-order valence-electron chi connectivity index (χ1n) is 16.6. The van der Waals surface area contributed by atoms with E-state index in [4.69, 9.17) is 6.85 Å². The lowest BCUT2D eigenvalue weighted by Crippen LogP contribution is -1.92. The molecule has 0 aliphatic carbocycles. The van der Waals surface area contributed by atoms with Crippen molar-refractivity contribution in [2.75, 3.05) is 0 Å². The van der Waals surface area contributed by atoms with Gasteiger partial charge in [-0.05, 0) is 89.0 Å². The van der Waals surface area contributed by atoms with Crippen LogP contribution in [0, 0.1) is 0 Å². The van der Waals surface area contributed by atoms with E-state index in [1.54, 1.807) is 0 Å². The molecule has 0 unspecified atom stereocenters. The van der Waals surface area contributed by atoms with Crippen LogP contribution in [0.1, 0.15) is 6.85 Å². The average Bonchev–Trinajstić information content (AvgIpc) is 3.12. The van der Waals surface area contributed by atoms with Crippen LogP contribution in [-0.4, -0.2) is 0 Å². The summed E-state index contributed by atoms with van der Waals surface area (Å²) in [6.45, 7) is 0. The Labute approximate surface area is 253 Å². The van der Waals surface area contributed by atoms with Gasteiger partial charge in [-0.2, -0.15) is 0 Å². The van der Waals surface area contributed by atoms with Gasteiger partial charge >= 0.3 is 0 Å². The molecule has 0 bridgehead atoms. The lowest BCUT2D eigenvalue weighted by atomic mass is 9.83. The number of benzene rings is 8. The Hall–Kier alpha value is -5.46. The van der Waals surface area contributed by atoms with Gasteiger partial charge in [0.2, 0.25) is 0 Å². The van der Waals surface area contributed by atoms with E-state index in [1.807, 2.05) is 24.3 Å². The van der Waals surface area contributed by atoms with Crippen molar-refractivity contribution < 1.29 is 6.85 Å². The fourth-order valence-electron chi connectivity index (χ4n) is 6.25. The molecule has 8 rings (SSSR count). The first-order valence-corrected chi connectivity index (χ1v) is 14.1. The molecule has 0 heterocycles. The average molecular weight is 538 g/mol. The fraction of sp³-hybridized carbons (Fsp3) is 0. The molecule has 8 aromatic rings. The molecular weight excluding hydrogens is 504 g/mol. The highest BCUT2D eigenvalue weighted by atomic mass is 14.2. The van der Waals surface area contributed by atoms with Crippen LogP contribution in [-0.2, 0) is 0 Å². The Kier molecular flexibility index (Phi) is 4.75. The highest BCUT2D eigenvalue weighted by Crippen LogP contribution is 2.46. The Morgan fingerprint density at radius 3 is 1.52 bits per heavy atom. The van der Waals surface area contributed by atoms with Crippen LogP contribution < -0.4 is 0 Å². The van der Waals surface area contributed by atoms with Crippen LogP contribution in [0.3, 0.4) is 0 Å². The summed E-state index contributed by atoms with van der Waals surface area (Å²) >= 11 is 0. The minimum absolute atomic E-state index is 0.199. The van der Waals surface area contributed by atoms with Crippen molar-refractivity contribution in [3.8, 4) is 44.5 Å². The van der Waals surface area contributed by atoms with Crippen molar-refractivity contribution in [3.63, 3.8) is 0 Å². The van der Waals surface area contributed by atoms with Gasteiger partial charge in [0.05, 0.1) is 6.85 Å². The number of hydrogen-bond acceptors (Lipinski definition) is 0. The topological polar surface area (TPSA) is 0 Å². The standard InChI is InChI=1S/C42H28/c1-3-13-29(14-4-1)32-25-23-30-24-26-33(28-34(30)27-32)41-37-19-9-11-21-39(37)42(40-22-12-10-20-38(40)41)36-18-8-7-17-35(36)31-15-5-2-6-16-31/h1-28H/i1D,3D,4D,13D,14D. The van der Waals surface area contributed by atoms with Crippen LogP contribution in [0.15, 0.2) is 170 Å². The SMILES string of the molecule is [2H]c1c([2H])c([2H])c(-c2ccc3ccc(-c4c5ccccc5c(-c5ccccc5-c5ccccc5)c5ccccc45)cc3c2)c([2H])c1[2H]. The van der Waals surface area contributed by atoms with Crippen LogP contribution >= 0.6 is 0 Å². The fourth-order valence-corrected chi connectivity index (χ4v) is 6.25. The third-order valence-corrected chi connectivity index (χ3v) is 8.13. The minimum Gasteiger partial charge on any atom is -0.0622 e. The zero-order valence-electron chi connectivity index (χ0n) is 27.8. The van der Waals surface area contributed by atoms with E-state index in [9.17, 15) is 0 Å². The molecule has 196 valence electrons. The lowest BCUT2D eigenvalue weighted by Gasteiger charge is -2.20. The molecule has 0 aliphatic heterocycles. The van der Waals surface area contributed by atoms with Gasteiger partial charge in [-0.15, -0.1) is 0 Å². The summed E-state index contributed by atoms with van der Waals surface area (Å²) in [6, 6.07) is 47.0. The summed E-state index contributed by atoms with van der Waals surface area (Å²) in [5.41, 5.74) is 7.71. The number of rotatable bonds is 4. The summed E-state index contributed by atoms with van der Waals surface area (Å²) < 4.78 is 41.4. The molecule has 0 N–H and O–H groups in total. The third kappa shape index (κ3) is 4.08. The Morgan fingerprint density at radius 2 is 0.857 bits per heavy atom. The predicted octanol–water partition coefficient (Wildman–Crippen LogP) is 11.8. The van der Waals surface area contributed by atoms with E-state index in [1.165, 1.54) is 22.3 Å². The zero-order valence-corrected chi connectivity index (χ0v) is 22.8. The van der Waals surface area contributed by atoms with Crippen molar-refractivity contribution in [2.24, 2.45) is 0 Å². The summed E-state index contributed by atoms with van der Waals surface area (Å²) in [5.74, 6) is 0. The Morgan fingerprint density at radius 1 is 0.333 bits per heavy atom. The second-order valence-electron chi connectivity index (χ2n) is 10.5. The van der Waals surface area contributed by atoms with Gasteiger partial charge in [0, 0.05) is 0 Å². The molecule has 0 fully saturated rings. The van der Waals surface area contributed by atoms with Gasteiger partial charge in [0.25, 0.3) is 0 Å². The molecule has 0 saturated carbocycles. The van der Waals surface area contributed by atoms with Crippen molar-refractivity contribution in [2.45, 2.75) is 0 Å². The summed E-state index contributed by atoms with van der Waals surface area (Å²) in [4.78, 5) is 0. The smallest absolute Gasteiger partial charge is 0.0622 e. The maximum atomic E-state index is 8.53. The molecule has 0 aromatic heterocycles. The van der Waals surface area contributed by atoms with E-state index < -0.39 is 0 Å². The molecule has 0 amide bonds. The van der Waals surface area contributed by atoms with E-state index >= 15 is 0 Å². The van der Waals surface area contributed by atoms with E-state index in [0.717, 1.165) is 43.4 Å². The Bertz CT molecular complexity index is 2430. The van der Waals surface area contributed by atoms with Gasteiger partial charge in [-0.1, -0.05) is 158 Å². The quantitative estimate of drug-likeness (QED) is 0.196. The first-order chi connectivity index (χ1) is 22.9. The molecule has 42 heavy (non-hydrogen) atoms. The molecule has 0 saturated heterocycles. The molecule has 0 nitrogen and oxygen atoms in total. The maximum Gasteiger partial charge on any atom is 0.0629 e. The maximum absolute atomic E-state index is 8.53. The Balaban J connectivity index is 1.39. The number of fused-ring (bicyclic) bond motifs is 3. The highest BCUT2D eigenvalue weighted by Gasteiger charge is 2.18. The second-order valence-corrected chi connectivity index (χ2v) is 10.5. The predicted molar refractivity (Wildman–Crippen MR) is 181 cm³/mol. The second kappa shape index (κ2) is 10.2. The largest absolute Gasteiger partial charge is 0.0629 e. The van der Waals surface area contributed by atoms with E-state index in [-0.39, 0.29) is 35.8 Å². The number of hydrogen-bond donors (Lipinski definition) is 0. The van der Waals surface area contributed by atoms with Gasteiger partial charge in [0.1, 0.15) is 0 Å². The monoisotopic (exact) mass is 537 g/mol. The molecule has 0 radical (unpaired) electrons. The normalized spacial score (nSPS) is 13.0. The highest BCUT2D eigenvalue weighted by molar-refractivity contribution is 6.22. The van der Waals surface area contributed by atoms with E-state index in [2.05, 4.69) is 115 Å². The summed E-state index contributed by atoms with van der Waals surface area (Å²) in [5, 5.41) is 6.55. The lowest BCUT2D eigenvalue weighted by molar-refractivity contribution is 1.61. The molecule has 0 heteroatoms. The first kappa shape index (κ1) is 19.6. The van der Waals surface area contributed by atoms with E-state index in [0.29, 0.717) is 5.56 Å². The van der Waals surface area contributed by atoms with Crippen LogP contribution in [0.5, 0.6) is 0 Å². The molecule has 8 aromatic carbocycles. The molecular formula is C42H28.